The lowest BCUT2D eigenvalue weighted by molar-refractivity contribution is -0.629. The van der Waals surface area contributed by atoms with Crippen LogP contribution in [-0.4, -0.2) is 68.7 Å². The monoisotopic (exact) mass is 278 g/mol. The maximum atomic E-state index is 4.69. The maximum Gasteiger partial charge on any atom is 0.313 e. The molecule has 3 aliphatic rings. The average molecular weight is 278 g/mol. The molecule has 7 heteroatoms. The van der Waals surface area contributed by atoms with Crippen molar-refractivity contribution >= 4 is 17.9 Å². The molecule has 3 N–H and O–H groups in total. The van der Waals surface area contributed by atoms with Crippen molar-refractivity contribution in [1.29, 1.82) is 0 Å². The number of guanidine groups is 3. The van der Waals surface area contributed by atoms with E-state index >= 15 is 0 Å². The molecule has 3 aliphatic heterocycles. The van der Waals surface area contributed by atoms with E-state index in [4.69, 9.17) is 0 Å². The molecule has 0 aromatic rings. The lowest BCUT2D eigenvalue weighted by Gasteiger charge is -2.37. The van der Waals surface area contributed by atoms with Gasteiger partial charge in [-0.3, -0.25) is 0 Å². The molecule has 0 radical (unpaired) electrons. The van der Waals surface area contributed by atoms with Crippen molar-refractivity contribution in [1.82, 2.24) is 16.0 Å². The summed E-state index contributed by atoms with van der Waals surface area (Å²) in [6.07, 6.45) is 3.26. The van der Waals surface area contributed by atoms with Crippen molar-refractivity contribution in [2.45, 2.75) is 19.3 Å². The first-order valence-electron chi connectivity index (χ1n) is 7.55. The zero-order chi connectivity index (χ0) is 13.8. The molecule has 0 saturated heterocycles. The first kappa shape index (κ1) is 13.4. The molecule has 0 aromatic carbocycles. The third kappa shape index (κ3) is 2.37. The van der Waals surface area contributed by atoms with Gasteiger partial charge in [-0.25, -0.2) is 15.0 Å². The highest BCUT2D eigenvalue weighted by Gasteiger charge is 2.44. The Bertz CT molecular complexity index is 387. The second kappa shape index (κ2) is 5.78. The van der Waals surface area contributed by atoms with Crippen LogP contribution in [-0.2, 0) is 0 Å². The molecule has 0 spiro atoms. The van der Waals surface area contributed by atoms with Crippen LogP contribution in [0.2, 0.25) is 0 Å². The minimum Gasteiger partial charge on any atom is -0.324 e. The number of nitrogens with one attached hydrogen (secondary N) is 3. The van der Waals surface area contributed by atoms with E-state index in [1.807, 2.05) is 0 Å². The van der Waals surface area contributed by atoms with Gasteiger partial charge in [-0.05, 0) is 19.3 Å². The molecule has 0 saturated carbocycles. The Balaban J connectivity index is 1.99. The maximum absolute atomic E-state index is 4.69. The van der Waals surface area contributed by atoms with E-state index in [-0.39, 0.29) is 0 Å². The van der Waals surface area contributed by atoms with Gasteiger partial charge in [0.1, 0.15) is 0 Å². The Labute approximate surface area is 119 Å². The number of hydrogen-bond donors (Lipinski definition) is 3. The van der Waals surface area contributed by atoms with E-state index < -0.39 is 0 Å². The molecule has 110 valence electrons. The van der Waals surface area contributed by atoms with Gasteiger partial charge in [0.05, 0.1) is 7.05 Å². The molecule has 3 rings (SSSR count). The fraction of sp³-hybridized carbons (Fsp3) is 0.769. The number of quaternary nitrogens is 1. The van der Waals surface area contributed by atoms with E-state index in [0.29, 0.717) is 4.48 Å². The van der Waals surface area contributed by atoms with E-state index in [1.54, 1.807) is 0 Å². The largest absolute Gasteiger partial charge is 0.324 e. The molecule has 7 nitrogen and oxygen atoms in total. The van der Waals surface area contributed by atoms with Crippen molar-refractivity contribution < 1.29 is 4.48 Å². The van der Waals surface area contributed by atoms with Crippen LogP contribution in [0.25, 0.3) is 0 Å². The molecule has 3 heterocycles. The lowest BCUT2D eigenvalue weighted by atomic mass is 10.3. The summed E-state index contributed by atoms with van der Waals surface area (Å²) in [6.45, 7) is 5.51. The number of nitrogens with zero attached hydrogens (tertiary/aromatic N) is 4. The Kier molecular flexibility index (Phi) is 3.86. The van der Waals surface area contributed by atoms with Gasteiger partial charge in [0.2, 0.25) is 0 Å². The summed E-state index contributed by atoms with van der Waals surface area (Å²) in [5.41, 5.74) is 0. The normalized spacial score (nSPS) is 23.6. The van der Waals surface area contributed by atoms with E-state index in [9.17, 15) is 0 Å². The summed E-state index contributed by atoms with van der Waals surface area (Å²) in [5.74, 6) is 2.83. The molecular formula is C13H24N7+. The topological polar surface area (TPSA) is 73.2 Å². The molecule has 0 amide bonds. The first-order valence-corrected chi connectivity index (χ1v) is 7.55. The van der Waals surface area contributed by atoms with E-state index in [2.05, 4.69) is 38.0 Å². The quantitative estimate of drug-likeness (QED) is 0.522. The van der Waals surface area contributed by atoms with Crippen LogP contribution in [0, 0.1) is 0 Å². The Hall–Kier alpha value is -1.63. The molecule has 0 aliphatic carbocycles. The highest BCUT2D eigenvalue weighted by molar-refractivity contribution is 6.01. The smallest absolute Gasteiger partial charge is 0.313 e. The van der Waals surface area contributed by atoms with Crippen molar-refractivity contribution in [2.75, 3.05) is 46.3 Å². The van der Waals surface area contributed by atoms with Crippen LogP contribution in [0.1, 0.15) is 19.3 Å². The highest BCUT2D eigenvalue weighted by Crippen LogP contribution is 2.13. The lowest BCUT2D eigenvalue weighted by Crippen LogP contribution is -2.70. The second-order valence-electron chi connectivity index (χ2n) is 5.46. The van der Waals surface area contributed by atoms with Crippen molar-refractivity contribution in [3.05, 3.63) is 0 Å². The van der Waals surface area contributed by atoms with Crippen LogP contribution in [0.4, 0.5) is 0 Å². The fourth-order valence-corrected chi connectivity index (χ4v) is 2.76. The van der Waals surface area contributed by atoms with Gasteiger partial charge >= 0.3 is 17.9 Å². The Morgan fingerprint density at radius 1 is 0.700 bits per heavy atom. The zero-order valence-corrected chi connectivity index (χ0v) is 12.2. The molecule has 0 unspecified atom stereocenters. The van der Waals surface area contributed by atoms with E-state index in [0.717, 1.165) is 76.4 Å². The molecule has 0 fully saturated rings. The van der Waals surface area contributed by atoms with Gasteiger partial charge in [-0.2, -0.15) is 0 Å². The highest BCUT2D eigenvalue weighted by atomic mass is 15.6. The number of aliphatic imine (C=N–C) groups is 3. The summed E-state index contributed by atoms with van der Waals surface area (Å²) in [4.78, 5) is 14.1. The minimum atomic E-state index is 0.417. The van der Waals surface area contributed by atoms with Crippen molar-refractivity contribution in [3.8, 4) is 0 Å². The summed E-state index contributed by atoms with van der Waals surface area (Å²) in [5, 5.41) is 10.3. The zero-order valence-electron chi connectivity index (χ0n) is 12.2. The van der Waals surface area contributed by atoms with Crippen molar-refractivity contribution in [3.63, 3.8) is 0 Å². The van der Waals surface area contributed by atoms with Crippen LogP contribution >= 0.6 is 0 Å². The van der Waals surface area contributed by atoms with Gasteiger partial charge in [0.25, 0.3) is 0 Å². The summed E-state index contributed by atoms with van der Waals surface area (Å²) < 4.78 is 0.417. The fourth-order valence-electron chi connectivity index (χ4n) is 2.76. The van der Waals surface area contributed by atoms with Crippen molar-refractivity contribution in [2.24, 2.45) is 15.0 Å². The van der Waals surface area contributed by atoms with Crippen LogP contribution in [0.15, 0.2) is 15.0 Å². The summed E-state index contributed by atoms with van der Waals surface area (Å²) in [6, 6.07) is 0. The van der Waals surface area contributed by atoms with Gasteiger partial charge < -0.3 is 16.0 Å². The first-order chi connectivity index (χ1) is 9.82. The van der Waals surface area contributed by atoms with Crippen LogP contribution in [0.5, 0.6) is 0 Å². The molecule has 0 bridgehead atoms. The average Bonchev–Trinajstić information content (AvgIpc) is 2.56. The number of hydrogen-bond acceptors (Lipinski definition) is 6. The molecule has 0 aromatic heterocycles. The SMILES string of the molecule is C[N+](C1=NCCCN1)(C1=NCCCN1)C1=NCCCN1. The Morgan fingerprint density at radius 3 is 1.30 bits per heavy atom. The van der Waals surface area contributed by atoms with E-state index in [1.165, 1.54) is 0 Å². The third-order valence-corrected chi connectivity index (χ3v) is 3.91. The standard InChI is InChI=1S/C13H24N7/c1-20(11-14-5-2-6-15-11,12-16-7-3-8-17-12)13-18-9-4-10-19-13/h2-10H2,1H3,(H,14,15)(H,16,17)(H,18,19)/q+1. The summed E-state index contributed by atoms with van der Waals surface area (Å²) in [7, 11) is 2.12. The molecule has 20 heavy (non-hydrogen) atoms. The summed E-state index contributed by atoms with van der Waals surface area (Å²) >= 11 is 0. The van der Waals surface area contributed by atoms with Gasteiger partial charge in [0, 0.05) is 39.3 Å². The van der Waals surface area contributed by atoms with Gasteiger partial charge in [0.15, 0.2) is 0 Å². The van der Waals surface area contributed by atoms with Gasteiger partial charge in [-0.1, -0.05) is 0 Å². The van der Waals surface area contributed by atoms with Crippen LogP contribution in [0.3, 0.4) is 0 Å². The van der Waals surface area contributed by atoms with Crippen LogP contribution < -0.4 is 16.0 Å². The predicted octanol–water partition coefficient (Wildman–Crippen LogP) is -0.519. The molecule has 0 atom stereocenters. The third-order valence-electron chi connectivity index (χ3n) is 3.91. The number of rotatable bonds is 0. The Morgan fingerprint density at radius 2 is 1.05 bits per heavy atom. The molecular weight excluding hydrogens is 254 g/mol. The minimum absolute atomic E-state index is 0.417. The predicted molar refractivity (Wildman–Crippen MR) is 80.9 cm³/mol. The van der Waals surface area contributed by atoms with Gasteiger partial charge in [-0.15, -0.1) is 4.48 Å². The second-order valence-corrected chi connectivity index (χ2v) is 5.46.